The van der Waals surface area contributed by atoms with Crippen LogP contribution in [0.3, 0.4) is 0 Å². The first-order chi connectivity index (χ1) is 14.7. The molecule has 7 rings (SSSR count). The molecule has 0 bridgehead atoms. The van der Waals surface area contributed by atoms with Gasteiger partial charge in [0.15, 0.2) is 6.29 Å². The Morgan fingerprint density at radius 1 is 0.968 bits per heavy atom. The molecule has 1 radical (unpaired) electrons. The van der Waals surface area contributed by atoms with Gasteiger partial charge in [0.05, 0.1) is 31.5 Å². The molecule has 0 N–H and O–H groups in total. The molecule has 7 aliphatic rings. The molecule has 4 nitrogen and oxygen atoms in total. The minimum atomic E-state index is -0.0378. The molecule has 31 heavy (non-hydrogen) atoms. The summed E-state index contributed by atoms with van der Waals surface area (Å²) in [5.74, 6) is 3.29. The molecular weight excluding hydrogens is 388 g/mol. The Kier molecular flexibility index (Phi) is 3.98. The van der Waals surface area contributed by atoms with Gasteiger partial charge in [0.1, 0.15) is 6.10 Å². The van der Waals surface area contributed by atoms with Crippen molar-refractivity contribution in [2.45, 2.75) is 91.0 Å². The van der Waals surface area contributed by atoms with Gasteiger partial charge in [-0.2, -0.15) is 0 Å². The highest BCUT2D eigenvalue weighted by Crippen LogP contribution is 2.72. The van der Waals surface area contributed by atoms with Crippen LogP contribution in [-0.2, 0) is 18.9 Å². The Balaban J connectivity index is 1.16. The standard InChI is InChI=1S/C27H39O4/c1-14(24-28-12-25(2,3)13-29-24)15-6-7-16-20-17(10-11-26(15,16)4)27(5)18(21-22(20)31-21)8-9-19-23(27)30-19/h8-9,14-17,19-24H,6-7,10-13H2,1-5H3/t14?,15-,16+,17+,19+,20+,21-,22+,23+,26-,27-/m1/s1. The third-order valence-electron chi connectivity index (χ3n) is 10.9. The van der Waals surface area contributed by atoms with Crippen LogP contribution in [0.4, 0.5) is 0 Å². The van der Waals surface area contributed by atoms with E-state index in [0.717, 1.165) is 19.1 Å². The predicted octanol–water partition coefficient (Wildman–Crippen LogP) is 4.78. The maximum atomic E-state index is 6.44. The molecular formula is C27H39O4. The van der Waals surface area contributed by atoms with Crippen LogP contribution in [0.15, 0.2) is 11.6 Å². The summed E-state index contributed by atoms with van der Waals surface area (Å²) in [6.07, 6.45) is 11.5. The molecule has 0 aromatic rings. The minimum Gasteiger partial charge on any atom is -0.368 e. The highest BCUT2D eigenvalue weighted by molar-refractivity contribution is 5.42. The summed E-state index contributed by atoms with van der Waals surface area (Å²) in [6, 6.07) is 0. The Labute approximate surface area is 187 Å². The lowest BCUT2D eigenvalue weighted by Gasteiger charge is -2.57. The zero-order chi connectivity index (χ0) is 21.3. The van der Waals surface area contributed by atoms with Crippen molar-refractivity contribution in [2.75, 3.05) is 13.2 Å². The number of epoxide rings is 2. The van der Waals surface area contributed by atoms with Crippen molar-refractivity contribution in [2.24, 2.45) is 45.8 Å². The Bertz CT molecular complexity index is 810. The lowest BCUT2D eigenvalue weighted by Crippen LogP contribution is -2.56. The van der Waals surface area contributed by atoms with E-state index < -0.39 is 0 Å². The van der Waals surface area contributed by atoms with E-state index in [-0.39, 0.29) is 17.1 Å². The molecule has 4 aliphatic carbocycles. The monoisotopic (exact) mass is 427 g/mol. The Morgan fingerprint density at radius 3 is 2.52 bits per heavy atom. The lowest BCUT2D eigenvalue weighted by atomic mass is 9.46. The predicted molar refractivity (Wildman–Crippen MR) is 117 cm³/mol. The SMILES string of the molecule is CC(C1OCC(C)(C)CO1)[C@H]1CC[C@H]2[C@@H]3[C@@H]4O[C@@H]4C4=C[CH][C@@H]5O[C@@H]5[C@]4(C)[C@H]3CC[C@]12C. The fourth-order valence-corrected chi connectivity index (χ4v) is 9.24. The Hall–Kier alpha value is -0.420. The Morgan fingerprint density at radius 2 is 1.74 bits per heavy atom. The van der Waals surface area contributed by atoms with Gasteiger partial charge in [0, 0.05) is 23.2 Å². The minimum absolute atomic E-state index is 0.0378. The van der Waals surface area contributed by atoms with E-state index in [1.807, 2.05) is 0 Å². The quantitative estimate of drug-likeness (QED) is 0.595. The maximum absolute atomic E-state index is 6.44. The molecule has 0 aromatic heterocycles. The summed E-state index contributed by atoms with van der Waals surface area (Å²) in [5.41, 5.74) is 2.25. The number of fused-ring (bicyclic) bond motifs is 10. The molecule has 1 unspecified atom stereocenters. The van der Waals surface area contributed by atoms with Crippen molar-refractivity contribution in [3.63, 3.8) is 0 Å². The third kappa shape index (κ3) is 2.57. The van der Waals surface area contributed by atoms with E-state index in [2.05, 4.69) is 47.1 Å². The molecule has 0 aromatic carbocycles. The van der Waals surface area contributed by atoms with Crippen molar-refractivity contribution in [3.8, 4) is 0 Å². The number of hydrogen-bond acceptors (Lipinski definition) is 4. The van der Waals surface area contributed by atoms with Crippen molar-refractivity contribution in [1.29, 1.82) is 0 Å². The molecule has 171 valence electrons. The van der Waals surface area contributed by atoms with E-state index >= 15 is 0 Å². The van der Waals surface area contributed by atoms with Crippen LogP contribution in [0.25, 0.3) is 0 Å². The van der Waals surface area contributed by atoms with Crippen LogP contribution in [0.5, 0.6) is 0 Å². The maximum Gasteiger partial charge on any atom is 0.160 e. The van der Waals surface area contributed by atoms with Crippen LogP contribution < -0.4 is 0 Å². The summed E-state index contributed by atoms with van der Waals surface area (Å²) >= 11 is 0. The summed E-state index contributed by atoms with van der Waals surface area (Å²) in [5, 5.41) is 0. The zero-order valence-electron chi connectivity index (χ0n) is 19.8. The van der Waals surface area contributed by atoms with E-state index in [4.69, 9.17) is 18.9 Å². The number of hydrogen-bond donors (Lipinski definition) is 0. The van der Waals surface area contributed by atoms with Gasteiger partial charge in [-0.05, 0) is 60.3 Å². The van der Waals surface area contributed by atoms with E-state index in [0.29, 0.717) is 53.5 Å². The van der Waals surface area contributed by atoms with Gasteiger partial charge in [-0.3, -0.25) is 0 Å². The van der Waals surface area contributed by atoms with Crippen LogP contribution in [0.1, 0.15) is 60.3 Å². The van der Waals surface area contributed by atoms with Gasteiger partial charge < -0.3 is 18.9 Å². The smallest absolute Gasteiger partial charge is 0.160 e. The highest BCUT2D eigenvalue weighted by atomic mass is 16.7. The van der Waals surface area contributed by atoms with Crippen LogP contribution in [0.2, 0.25) is 0 Å². The molecule has 0 amide bonds. The summed E-state index contributed by atoms with van der Waals surface area (Å²) in [7, 11) is 0. The molecule has 11 atom stereocenters. The zero-order valence-corrected chi connectivity index (χ0v) is 19.8. The first kappa shape index (κ1) is 20.0. The summed E-state index contributed by atoms with van der Waals surface area (Å²) < 4.78 is 25.1. The molecule has 4 heteroatoms. The number of ether oxygens (including phenoxy) is 4. The van der Waals surface area contributed by atoms with E-state index in [1.54, 1.807) is 5.57 Å². The molecule has 3 heterocycles. The average molecular weight is 428 g/mol. The number of rotatable bonds is 2. The van der Waals surface area contributed by atoms with Gasteiger partial charge in [-0.25, -0.2) is 0 Å². The second-order valence-electron chi connectivity index (χ2n) is 13.2. The molecule has 3 saturated heterocycles. The topological polar surface area (TPSA) is 43.5 Å². The van der Waals surface area contributed by atoms with E-state index in [1.165, 1.54) is 25.7 Å². The van der Waals surface area contributed by atoms with Crippen LogP contribution >= 0.6 is 0 Å². The largest absolute Gasteiger partial charge is 0.368 e. The highest BCUT2D eigenvalue weighted by Gasteiger charge is 2.73. The van der Waals surface area contributed by atoms with Crippen molar-refractivity contribution in [1.82, 2.24) is 0 Å². The van der Waals surface area contributed by atoms with Crippen LogP contribution in [0, 0.1) is 52.3 Å². The first-order valence-electron chi connectivity index (χ1n) is 12.8. The van der Waals surface area contributed by atoms with Crippen LogP contribution in [-0.4, -0.2) is 43.9 Å². The average Bonchev–Trinajstić information content (AvgIpc) is 3.63. The third-order valence-corrected chi connectivity index (χ3v) is 10.9. The summed E-state index contributed by atoms with van der Waals surface area (Å²) in [6.45, 7) is 13.6. The second-order valence-corrected chi connectivity index (χ2v) is 13.2. The second kappa shape index (κ2) is 6.17. The van der Waals surface area contributed by atoms with Gasteiger partial charge >= 0.3 is 0 Å². The van der Waals surface area contributed by atoms with E-state index in [9.17, 15) is 0 Å². The van der Waals surface area contributed by atoms with Crippen molar-refractivity contribution >= 4 is 0 Å². The van der Waals surface area contributed by atoms with Crippen molar-refractivity contribution < 1.29 is 18.9 Å². The van der Waals surface area contributed by atoms with Gasteiger partial charge in [0.25, 0.3) is 0 Å². The molecule has 0 spiro atoms. The van der Waals surface area contributed by atoms with Crippen molar-refractivity contribution in [3.05, 3.63) is 18.1 Å². The molecule has 3 saturated carbocycles. The fraction of sp³-hybridized carbons (Fsp3) is 0.889. The first-order valence-corrected chi connectivity index (χ1v) is 12.8. The molecule has 6 fully saturated rings. The normalized spacial score (nSPS) is 57.5. The lowest BCUT2D eigenvalue weighted by molar-refractivity contribution is -0.253. The van der Waals surface area contributed by atoms with Gasteiger partial charge in [0.2, 0.25) is 0 Å². The van der Waals surface area contributed by atoms with Gasteiger partial charge in [-0.15, -0.1) is 0 Å². The summed E-state index contributed by atoms with van der Waals surface area (Å²) in [4.78, 5) is 0. The fourth-order valence-electron chi connectivity index (χ4n) is 9.24. The van der Waals surface area contributed by atoms with Gasteiger partial charge in [-0.1, -0.05) is 40.7 Å². The molecule has 3 aliphatic heterocycles.